The summed E-state index contributed by atoms with van der Waals surface area (Å²) in [6, 6.07) is 17.6. The Morgan fingerprint density at radius 1 is 1.08 bits per heavy atom. The molecule has 11 heteroatoms. The van der Waals surface area contributed by atoms with Crippen LogP contribution in [0.2, 0.25) is 5.02 Å². The fourth-order valence-electron chi connectivity index (χ4n) is 4.11. The van der Waals surface area contributed by atoms with Crippen LogP contribution in [0.1, 0.15) is 18.6 Å². The Morgan fingerprint density at radius 2 is 1.82 bits per heavy atom. The summed E-state index contributed by atoms with van der Waals surface area (Å²) in [5.74, 6) is -0.186. The second-order valence-electron chi connectivity index (χ2n) is 8.30. The Balaban J connectivity index is 1.59. The highest BCUT2D eigenvalue weighted by Gasteiger charge is 2.36. The van der Waals surface area contributed by atoms with E-state index in [4.69, 9.17) is 25.5 Å². The molecule has 0 unspecified atom stereocenters. The van der Waals surface area contributed by atoms with Gasteiger partial charge in [-0.15, -0.1) is 0 Å². The monoisotopic (exact) mass is 564 g/mol. The summed E-state index contributed by atoms with van der Waals surface area (Å²) in [6.45, 7) is 1.73. The molecule has 200 valence electrons. The number of amides is 2. The largest absolute Gasteiger partial charge is 0.495 e. The van der Waals surface area contributed by atoms with Crippen LogP contribution in [-0.4, -0.2) is 31.8 Å². The van der Waals surface area contributed by atoms with E-state index < -0.39 is 11.8 Å². The van der Waals surface area contributed by atoms with Crippen LogP contribution in [0.5, 0.6) is 11.5 Å². The molecule has 0 spiro atoms. The number of para-hydroxylation sites is 2. The number of halogens is 1. The number of allylic oxidation sites excluding steroid dienone is 2. The number of rotatable bonds is 9. The molecule has 1 aliphatic rings. The number of benzene rings is 2. The average Bonchev–Trinajstić information content (AvgIpc) is 3.46. The number of nitrogens with zero attached hydrogens (tertiary/aromatic N) is 1. The highest BCUT2D eigenvalue weighted by molar-refractivity contribution is 8.03. The third-order valence-electron chi connectivity index (χ3n) is 5.86. The van der Waals surface area contributed by atoms with E-state index in [1.807, 2.05) is 0 Å². The number of hydrogen-bond donors (Lipinski definition) is 3. The lowest BCUT2D eigenvalue weighted by molar-refractivity contribution is -0.114. The van der Waals surface area contributed by atoms with E-state index in [1.54, 1.807) is 61.5 Å². The van der Waals surface area contributed by atoms with Gasteiger partial charge in [0.2, 0.25) is 5.91 Å². The van der Waals surface area contributed by atoms with E-state index in [1.165, 1.54) is 20.5 Å². The summed E-state index contributed by atoms with van der Waals surface area (Å²) < 4.78 is 16.3. The number of thioether (sulfide) groups is 1. The standard InChI is InChI=1S/C28H25ClN4O5S/c1-16-25(27(35)33-19-7-4-5-8-21(19)36-2)26(23-9-6-12-38-23)18(14-30)28(31-16)39-15-24(34)32-20-13-17(29)10-11-22(20)37-3/h4-13,26,31H,15H2,1-3H3,(H,32,34)(H,33,35)/t26-/m0/s1. The molecule has 2 amide bonds. The van der Waals surface area contributed by atoms with E-state index in [-0.39, 0.29) is 17.2 Å². The molecule has 0 radical (unpaired) electrons. The molecule has 0 saturated carbocycles. The molecule has 1 aromatic heterocycles. The minimum Gasteiger partial charge on any atom is -0.495 e. The van der Waals surface area contributed by atoms with Gasteiger partial charge in [-0.3, -0.25) is 9.59 Å². The van der Waals surface area contributed by atoms with Crippen LogP contribution in [0.3, 0.4) is 0 Å². The molecule has 3 aromatic rings. The molecular weight excluding hydrogens is 540 g/mol. The van der Waals surface area contributed by atoms with Gasteiger partial charge in [0.15, 0.2) is 0 Å². The quantitative estimate of drug-likeness (QED) is 0.304. The topological polar surface area (TPSA) is 126 Å². The van der Waals surface area contributed by atoms with Crippen LogP contribution >= 0.6 is 23.4 Å². The first-order chi connectivity index (χ1) is 18.9. The molecular formula is C28H25ClN4O5S. The Hall–Kier alpha value is -4.33. The highest BCUT2D eigenvalue weighted by atomic mass is 35.5. The minimum atomic E-state index is -0.792. The van der Waals surface area contributed by atoms with Crippen molar-refractivity contribution in [1.29, 1.82) is 5.26 Å². The predicted octanol–water partition coefficient (Wildman–Crippen LogP) is 5.66. The molecule has 3 N–H and O–H groups in total. The summed E-state index contributed by atoms with van der Waals surface area (Å²) in [4.78, 5) is 26.3. The lowest BCUT2D eigenvalue weighted by atomic mass is 9.85. The number of nitriles is 1. The average molecular weight is 565 g/mol. The van der Waals surface area contributed by atoms with Gasteiger partial charge in [0.25, 0.3) is 5.91 Å². The first kappa shape index (κ1) is 27.7. The van der Waals surface area contributed by atoms with Crippen LogP contribution in [0, 0.1) is 11.3 Å². The second kappa shape index (κ2) is 12.5. The molecule has 39 heavy (non-hydrogen) atoms. The van der Waals surface area contributed by atoms with Crippen molar-refractivity contribution in [1.82, 2.24) is 5.32 Å². The molecule has 4 rings (SSSR count). The lowest BCUT2D eigenvalue weighted by Crippen LogP contribution is -2.31. The maximum absolute atomic E-state index is 13.5. The first-order valence-electron chi connectivity index (χ1n) is 11.7. The number of carbonyl (C=O) groups excluding carboxylic acids is 2. The van der Waals surface area contributed by atoms with Crippen LogP contribution in [0.25, 0.3) is 0 Å². The van der Waals surface area contributed by atoms with Gasteiger partial charge in [-0.05, 0) is 49.4 Å². The Kier molecular flexibility index (Phi) is 8.86. The molecule has 0 aliphatic carbocycles. The van der Waals surface area contributed by atoms with Gasteiger partial charge in [0.05, 0.1) is 65.8 Å². The van der Waals surface area contributed by atoms with Gasteiger partial charge < -0.3 is 29.8 Å². The number of ether oxygens (including phenoxy) is 2. The molecule has 0 saturated heterocycles. The lowest BCUT2D eigenvalue weighted by Gasteiger charge is -2.28. The zero-order valence-corrected chi connectivity index (χ0v) is 22.9. The SMILES string of the molecule is COc1ccc(Cl)cc1NC(=O)CSC1=C(C#N)[C@@H](c2ccco2)C(C(=O)Nc2ccccc2OC)=C(C)N1. The normalized spacial score (nSPS) is 14.8. The smallest absolute Gasteiger partial charge is 0.254 e. The number of nitrogens with one attached hydrogen (secondary N) is 3. The minimum absolute atomic E-state index is 0.0237. The summed E-state index contributed by atoms with van der Waals surface area (Å²) in [6.07, 6.45) is 1.48. The molecule has 2 heterocycles. The summed E-state index contributed by atoms with van der Waals surface area (Å²) in [5, 5.41) is 19.9. The van der Waals surface area contributed by atoms with Crippen molar-refractivity contribution in [3.05, 3.63) is 93.5 Å². The highest BCUT2D eigenvalue weighted by Crippen LogP contribution is 2.41. The Bertz CT molecular complexity index is 1490. The van der Waals surface area contributed by atoms with Crippen molar-refractivity contribution in [2.24, 2.45) is 0 Å². The van der Waals surface area contributed by atoms with Crippen LogP contribution in [-0.2, 0) is 9.59 Å². The van der Waals surface area contributed by atoms with Crippen molar-refractivity contribution < 1.29 is 23.5 Å². The fourth-order valence-corrected chi connectivity index (χ4v) is 5.17. The van der Waals surface area contributed by atoms with Gasteiger partial charge in [0, 0.05) is 10.7 Å². The molecule has 2 aromatic carbocycles. The molecule has 1 atom stereocenters. The Morgan fingerprint density at radius 3 is 2.51 bits per heavy atom. The third-order valence-corrected chi connectivity index (χ3v) is 7.11. The van der Waals surface area contributed by atoms with Gasteiger partial charge in [-0.25, -0.2) is 0 Å². The molecule has 1 aliphatic heterocycles. The number of furan rings is 1. The van der Waals surface area contributed by atoms with E-state index in [2.05, 4.69) is 22.0 Å². The molecule has 0 bridgehead atoms. The van der Waals surface area contributed by atoms with Crippen LogP contribution in [0.15, 0.2) is 87.1 Å². The Labute approximate surface area is 234 Å². The maximum Gasteiger partial charge on any atom is 0.254 e. The van der Waals surface area contributed by atoms with E-state index in [0.717, 1.165) is 11.8 Å². The predicted molar refractivity (Wildman–Crippen MR) is 151 cm³/mol. The zero-order valence-electron chi connectivity index (χ0n) is 21.3. The summed E-state index contributed by atoms with van der Waals surface area (Å²) >= 11 is 7.20. The third kappa shape index (κ3) is 6.22. The number of dihydropyridines is 1. The number of methoxy groups -OCH3 is 2. The van der Waals surface area contributed by atoms with Crippen LogP contribution < -0.4 is 25.4 Å². The van der Waals surface area contributed by atoms with Gasteiger partial charge in [0.1, 0.15) is 17.3 Å². The van der Waals surface area contributed by atoms with Crippen LogP contribution in [0.4, 0.5) is 11.4 Å². The van der Waals surface area contributed by atoms with E-state index in [0.29, 0.717) is 50.0 Å². The van der Waals surface area contributed by atoms with E-state index in [9.17, 15) is 14.9 Å². The van der Waals surface area contributed by atoms with Crippen molar-refractivity contribution in [2.75, 3.05) is 30.6 Å². The second-order valence-corrected chi connectivity index (χ2v) is 9.72. The van der Waals surface area contributed by atoms with Crippen molar-refractivity contribution >= 4 is 46.6 Å². The first-order valence-corrected chi connectivity index (χ1v) is 13.1. The van der Waals surface area contributed by atoms with Crippen molar-refractivity contribution in [3.8, 4) is 17.6 Å². The fraction of sp³-hybridized carbons (Fsp3) is 0.179. The van der Waals surface area contributed by atoms with Gasteiger partial charge in [-0.2, -0.15) is 5.26 Å². The van der Waals surface area contributed by atoms with E-state index >= 15 is 0 Å². The number of hydrogen-bond acceptors (Lipinski definition) is 8. The van der Waals surface area contributed by atoms with Crippen molar-refractivity contribution in [2.45, 2.75) is 12.8 Å². The summed E-state index contributed by atoms with van der Waals surface area (Å²) in [5.41, 5.74) is 1.99. The summed E-state index contributed by atoms with van der Waals surface area (Å²) in [7, 11) is 3.01. The number of anilines is 2. The maximum atomic E-state index is 13.5. The molecule has 9 nitrogen and oxygen atoms in total. The van der Waals surface area contributed by atoms with Crippen molar-refractivity contribution in [3.63, 3.8) is 0 Å². The number of carbonyl (C=O) groups is 2. The van der Waals surface area contributed by atoms with Gasteiger partial charge >= 0.3 is 0 Å². The molecule has 0 fully saturated rings. The zero-order chi connectivity index (χ0) is 27.9. The van der Waals surface area contributed by atoms with Gasteiger partial charge in [-0.1, -0.05) is 35.5 Å².